The van der Waals surface area contributed by atoms with Gasteiger partial charge in [0, 0.05) is 24.5 Å². The number of urea groups is 1. The van der Waals surface area contributed by atoms with Gasteiger partial charge in [0.15, 0.2) is 9.84 Å². The van der Waals surface area contributed by atoms with Gasteiger partial charge in [-0.15, -0.1) is 0 Å². The molecule has 21 heavy (non-hydrogen) atoms. The van der Waals surface area contributed by atoms with E-state index < -0.39 is 20.6 Å². The van der Waals surface area contributed by atoms with E-state index in [2.05, 4.69) is 10.6 Å². The number of nitrogens with one attached hydrogen (secondary N) is 2. The van der Waals surface area contributed by atoms with E-state index in [9.17, 15) is 13.2 Å². The fourth-order valence-electron chi connectivity index (χ4n) is 1.47. The first kappa shape index (κ1) is 17.5. The molecule has 1 unspecified atom stereocenters. The van der Waals surface area contributed by atoms with Crippen molar-refractivity contribution in [2.45, 2.75) is 31.6 Å². The van der Waals surface area contributed by atoms with Crippen LogP contribution in [0.5, 0.6) is 0 Å². The number of nitrogens with two attached hydrogens (primary N) is 1. The molecule has 0 aliphatic heterocycles. The molecule has 0 saturated carbocycles. The number of rotatable bonds is 5. The fraction of sp³-hybridized carbons (Fsp3) is 0.500. The maximum Gasteiger partial charge on any atom is 0.319 e. The first-order chi connectivity index (χ1) is 9.53. The highest BCUT2D eigenvalue weighted by atomic mass is 32.2. The van der Waals surface area contributed by atoms with Gasteiger partial charge in [0.25, 0.3) is 0 Å². The van der Waals surface area contributed by atoms with Crippen molar-refractivity contribution < 1.29 is 13.2 Å². The molecule has 0 heterocycles. The van der Waals surface area contributed by atoms with Crippen LogP contribution >= 0.6 is 0 Å². The summed E-state index contributed by atoms with van der Waals surface area (Å²) in [6.07, 6.45) is 1.15. The van der Waals surface area contributed by atoms with Crippen LogP contribution in [0.25, 0.3) is 0 Å². The minimum Gasteiger partial charge on any atom is -0.336 e. The monoisotopic (exact) mass is 313 g/mol. The van der Waals surface area contributed by atoms with Gasteiger partial charge in [0.2, 0.25) is 0 Å². The number of benzene rings is 1. The summed E-state index contributed by atoms with van der Waals surface area (Å²) in [7, 11) is -3.24. The SMILES string of the molecule is CC(N)c1ccc(NC(=O)NCC(C)(C)S(C)(=O)=O)cc1. The van der Waals surface area contributed by atoms with E-state index >= 15 is 0 Å². The molecule has 1 aromatic rings. The molecule has 0 saturated heterocycles. The van der Waals surface area contributed by atoms with Gasteiger partial charge in [-0.2, -0.15) is 0 Å². The van der Waals surface area contributed by atoms with Crippen molar-refractivity contribution >= 4 is 21.6 Å². The van der Waals surface area contributed by atoms with Crippen LogP contribution in [0, 0.1) is 0 Å². The number of amides is 2. The Morgan fingerprint density at radius 2 is 1.81 bits per heavy atom. The van der Waals surface area contributed by atoms with Gasteiger partial charge < -0.3 is 16.4 Å². The van der Waals surface area contributed by atoms with Crippen LogP contribution in [0.4, 0.5) is 10.5 Å². The van der Waals surface area contributed by atoms with E-state index in [1.807, 2.05) is 19.1 Å². The van der Waals surface area contributed by atoms with E-state index in [0.717, 1.165) is 11.8 Å². The maximum atomic E-state index is 11.8. The molecular formula is C14H23N3O3S. The Balaban J connectivity index is 2.59. The van der Waals surface area contributed by atoms with Gasteiger partial charge in [0.1, 0.15) is 0 Å². The summed E-state index contributed by atoms with van der Waals surface area (Å²) in [4.78, 5) is 11.8. The third-order valence-electron chi connectivity index (χ3n) is 3.37. The zero-order valence-corrected chi connectivity index (χ0v) is 13.6. The van der Waals surface area contributed by atoms with E-state index in [4.69, 9.17) is 5.73 Å². The Labute approximate surface area is 126 Å². The molecule has 0 aliphatic rings. The Bertz CT molecular complexity index is 592. The summed E-state index contributed by atoms with van der Waals surface area (Å²) in [5, 5.41) is 5.21. The van der Waals surface area contributed by atoms with Crippen molar-refractivity contribution in [1.29, 1.82) is 0 Å². The molecule has 7 heteroatoms. The number of anilines is 1. The molecule has 0 bridgehead atoms. The topological polar surface area (TPSA) is 101 Å². The van der Waals surface area contributed by atoms with Crippen molar-refractivity contribution in [3.63, 3.8) is 0 Å². The summed E-state index contributed by atoms with van der Waals surface area (Å²) in [5.74, 6) is 0. The second-order valence-electron chi connectivity index (χ2n) is 5.75. The molecule has 6 nitrogen and oxygen atoms in total. The minimum absolute atomic E-state index is 0.0373. The van der Waals surface area contributed by atoms with Crippen LogP contribution in [-0.2, 0) is 9.84 Å². The lowest BCUT2D eigenvalue weighted by molar-refractivity contribution is 0.251. The van der Waals surface area contributed by atoms with E-state index in [0.29, 0.717) is 5.69 Å². The molecule has 0 aromatic heterocycles. The third-order valence-corrected chi connectivity index (χ3v) is 5.52. The first-order valence-corrected chi connectivity index (χ1v) is 8.52. The smallest absolute Gasteiger partial charge is 0.319 e. The third kappa shape index (κ3) is 5.02. The summed E-state index contributed by atoms with van der Waals surface area (Å²) >= 11 is 0. The molecule has 2 amide bonds. The Kier molecular flexibility index (Phi) is 5.36. The van der Waals surface area contributed by atoms with Crippen LogP contribution in [0.2, 0.25) is 0 Å². The normalized spacial score (nSPS) is 13.6. The van der Waals surface area contributed by atoms with Crippen molar-refractivity contribution in [3.8, 4) is 0 Å². The summed E-state index contributed by atoms with van der Waals surface area (Å²) in [6, 6.07) is 6.66. The highest BCUT2D eigenvalue weighted by molar-refractivity contribution is 7.92. The average molecular weight is 313 g/mol. The predicted octanol–water partition coefficient (Wildman–Crippen LogP) is 1.65. The number of carbonyl (C=O) groups is 1. The Hall–Kier alpha value is -1.60. The summed E-state index contributed by atoms with van der Waals surface area (Å²) in [6.45, 7) is 5.05. The highest BCUT2D eigenvalue weighted by Gasteiger charge is 2.30. The molecule has 1 aromatic carbocycles. The number of hydrogen-bond acceptors (Lipinski definition) is 4. The van der Waals surface area contributed by atoms with Gasteiger partial charge >= 0.3 is 6.03 Å². The van der Waals surface area contributed by atoms with Crippen LogP contribution in [0.3, 0.4) is 0 Å². The minimum atomic E-state index is -3.24. The van der Waals surface area contributed by atoms with E-state index in [1.165, 1.54) is 0 Å². The molecule has 0 aliphatic carbocycles. The summed E-state index contributed by atoms with van der Waals surface area (Å²) in [5.41, 5.74) is 7.34. The van der Waals surface area contributed by atoms with Gasteiger partial charge in [0.05, 0.1) is 4.75 Å². The van der Waals surface area contributed by atoms with Crippen LogP contribution < -0.4 is 16.4 Å². The molecule has 0 spiro atoms. The average Bonchev–Trinajstić information content (AvgIpc) is 2.36. The molecule has 0 radical (unpaired) electrons. The van der Waals surface area contributed by atoms with Crippen molar-refractivity contribution in [1.82, 2.24) is 5.32 Å². The Morgan fingerprint density at radius 1 is 1.29 bits per heavy atom. The van der Waals surface area contributed by atoms with Crippen molar-refractivity contribution in [2.75, 3.05) is 18.1 Å². The van der Waals surface area contributed by atoms with Crippen molar-refractivity contribution in [3.05, 3.63) is 29.8 Å². The fourth-order valence-corrected chi connectivity index (χ4v) is 1.80. The maximum absolute atomic E-state index is 11.8. The highest BCUT2D eigenvalue weighted by Crippen LogP contribution is 2.15. The molecule has 4 N–H and O–H groups in total. The van der Waals surface area contributed by atoms with Crippen LogP contribution in [-0.4, -0.2) is 32.0 Å². The number of sulfone groups is 1. The van der Waals surface area contributed by atoms with Gasteiger partial charge in [-0.1, -0.05) is 12.1 Å². The lowest BCUT2D eigenvalue weighted by Gasteiger charge is -2.22. The number of carbonyl (C=O) groups excluding carboxylic acids is 1. The van der Waals surface area contributed by atoms with Gasteiger partial charge in [-0.25, -0.2) is 13.2 Å². The second-order valence-corrected chi connectivity index (χ2v) is 8.40. The zero-order chi connectivity index (χ0) is 16.3. The van der Waals surface area contributed by atoms with Gasteiger partial charge in [-0.05, 0) is 38.5 Å². The predicted molar refractivity (Wildman–Crippen MR) is 85.0 cm³/mol. The first-order valence-electron chi connectivity index (χ1n) is 6.63. The lowest BCUT2D eigenvalue weighted by Crippen LogP contribution is -2.45. The zero-order valence-electron chi connectivity index (χ0n) is 12.8. The van der Waals surface area contributed by atoms with Gasteiger partial charge in [-0.3, -0.25) is 0 Å². The number of hydrogen-bond donors (Lipinski definition) is 3. The van der Waals surface area contributed by atoms with E-state index in [-0.39, 0.29) is 12.6 Å². The standard InChI is InChI=1S/C14H23N3O3S/c1-10(15)11-5-7-12(8-6-11)17-13(18)16-9-14(2,3)21(4,19)20/h5-8,10H,9,15H2,1-4H3,(H2,16,17,18). The molecule has 1 atom stereocenters. The van der Waals surface area contributed by atoms with Crippen LogP contribution in [0.15, 0.2) is 24.3 Å². The largest absolute Gasteiger partial charge is 0.336 e. The van der Waals surface area contributed by atoms with Crippen molar-refractivity contribution in [2.24, 2.45) is 5.73 Å². The second kappa shape index (κ2) is 6.44. The lowest BCUT2D eigenvalue weighted by atomic mass is 10.1. The molecule has 0 fully saturated rings. The Morgan fingerprint density at radius 3 is 2.24 bits per heavy atom. The van der Waals surface area contributed by atoms with E-state index in [1.54, 1.807) is 26.0 Å². The molecular weight excluding hydrogens is 290 g/mol. The molecule has 1 rings (SSSR count). The quantitative estimate of drug-likeness (QED) is 0.769. The molecule has 118 valence electrons. The van der Waals surface area contributed by atoms with Crippen LogP contribution in [0.1, 0.15) is 32.4 Å². The summed E-state index contributed by atoms with van der Waals surface area (Å²) < 4.78 is 22.1.